The molecule has 88 valence electrons. The van der Waals surface area contributed by atoms with Crippen molar-refractivity contribution in [3.05, 3.63) is 66.2 Å². The number of pyridine rings is 1. The van der Waals surface area contributed by atoms with Crippen LogP contribution in [0.15, 0.2) is 59.3 Å². The second-order valence-electron chi connectivity index (χ2n) is 4.06. The Kier molecular flexibility index (Phi) is 2.65. The molecule has 0 fully saturated rings. The lowest BCUT2D eigenvalue weighted by Crippen LogP contribution is -2.04. The summed E-state index contributed by atoms with van der Waals surface area (Å²) in [5, 5.41) is 0.975. The molecule has 0 saturated heterocycles. The lowest BCUT2D eigenvalue weighted by Gasteiger charge is -2.03. The lowest BCUT2D eigenvalue weighted by molar-refractivity contribution is 0.0988. The van der Waals surface area contributed by atoms with Crippen molar-refractivity contribution in [3.63, 3.8) is 0 Å². The SMILES string of the molecule is O=C(Cc1ccco1)c1cccc2cccnc12. The van der Waals surface area contributed by atoms with Crippen molar-refractivity contribution in [3.8, 4) is 0 Å². The Bertz CT molecular complexity index is 681. The molecule has 0 aliphatic carbocycles. The molecular formula is C15H11NO2. The molecule has 0 N–H and O–H groups in total. The van der Waals surface area contributed by atoms with Gasteiger partial charge < -0.3 is 4.42 Å². The van der Waals surface area contributed by atoms with Crippen molar-refractivity contribution in [1.82, 2.24) is 4.98 Å². The van der Waals surface area contributed by atoms with Crippen LogP contribution >= 0.6 is 0 Å². The van der Waals surface area contributed by atoms with Gasteiger partial charge in [-0.25, -0.2) is 0 Å². The molecule has 0 radical (unpaired) electrons. The number of para-hydroxylation sites is 1. The van der Waals surface area contributed by atoms with Crippen LogP contribution in [-0.4, -0.2) is 10.8 Å². The molecule has 2 aromatic heterocycles. The molecule has 3 rings (SSSR count). The first kappa shape index (κ1) is 10.7. The number of hydrogen-bond acceptors (Lipinski definition) is 3. The summed E-state index contributed by atoms with van der Waals surface area (Å²) in [5.41, 5.74) is 1.39. The minimum atomic E-state index is 0.0225. The largest absolute Gasteiger partial charge is 0.469 e. The zero-order valence-electron chi connectivity index (χ0n) is 9.67. The Morgan fingerprint density at radius 3 is 2.83 bits per heavy atom. The van der Waals surface area contributed by atoms with Crippen molar-refractivity contribution in [2.75, 3.05) is 0 Å². The predicted molar refractivity (Wildman–Crippen MR) is 68.5 cm³/mol. The van der Waals surface area contributed by atoms with E-state index in [2.05, 4.69) is 4.98 Å². The first-order chi connectivity index (χ1) is 8.84. The zero-order chi connectivity index (χ0) is 12.4. The fourth-order valence-corrected chi connectivity index (χ4v) is 2.00. The molecule has 18 heavy (non-hydrogen) atoms. The van der Waals surface area contributed by atoms with E-state index in [-0.39, 0.29) is 12.2 Å². The van der Waals surface area contributed by atoms with Gasteiger partial charge in [0.15, 0.2) is 5.78 Å². The number of carbonyl (C=O) groups excluding carboxylic acids is 1. The Morgan fingerprint density at radius 2 is 2.00 bits per heavy atom. The fraction of sp³-hybridized carbons (Fsp3) is 0.0667. The quantitative estimate of drug-likeness (QED) is 0.657. The first-order valence-electron chi connectivity index (χ1n) is 5.74. The maximum Gasteiger partial charge on any atom is 0.172 e. The van der Waals surface area contributed by atoms with Gasteiger partial charge in [0.1, 0.15) is 5.76 Å². The fourth-order valence-electron chi connectivity index (χ4n) is 2.00. The van der Waals surface area contributed by atoms with Gasteiger partial charge in [0.05, 0.1) is 18.2 Å². The molecule has 2 heterocycles. The Labute approximate surface area is 104 Å². The van der Waals surface area contributed by atoms with E-state index in [1.54, 1.807) is 30.7 Å². The van der Waals surface area contributed by atoms with Gasteiger partial charge in [-0.3, -0.25) is 9.78 Å². The van der Waals surface area contributed by atoms with E-state index in [9.17, 15) is 4.79 Å². The molecular weight excluding hydrogens is 226 g/mol. The third-order valence-electron chi connectivity index (χ3n) is 2.85. The third kappa shape index (κ3) is 1.91. The van der Waals surface area contributed by atoms with E-state index < -0.39 is 0 Å². The second-order valence-corrected chi connectivity index (χ2v) is 4.06. The maximum atomic E-state index is 12.2. The topological polar surface area (TPSA) is 43.1 Å². The number of aromatic nitrogens is 1. The van der Waals surface area contributed by atoms with Crippen LogP contribution in [-0.2, 0) is 6.42 Å². The van der Waals surface area contributed by atoms with E-state index in [0.717, 1.165) is 10.9 Å². The molecule has 0 atom stereocenters. The maximum absolute atomic E-state index is 12.2. The lowest BCUT2D eigenvalue weighted by atomic mass is 10.0. The van der Waals surface area contributed by atoms with Gasteiger partial charge in [0.2, 0.25) is 0 Å². The van der Waals surface area contributed by atoms with Crippen molar-refractivity contribution in [2.45, 2.75) is 6.42 Å². The number of hydrogen-bond donors (Lipinski definition) is 0. The normalized spacial score (nSPS) is 10.7. The number of carbonyl (C=O) groups is 1. The van der Waals surface area contributed by atoms with E-state index in [0.29, 0.717) is 11.3 Å². The summed E-state index contributed by atoms with van der Waals surface area (Å²) in [5.74, 6) is 0.696. The standard InChI is InChI=1S/C15H11NO2/c17-14(10-12-6-3-9-18-12)13-7-1-4-11-5-2-8-16-15(11)13/h1-9H,10H2. The number of furan rings is 1. The van der Waals surface area contributed by atoms with Crippen LogP contribution in [0.2, 0.25) is 0 Å². The molecule has 0 aliphatic rings. The molecule has 1 aromatic carbocycles. The van der Waals surface area contributed by atoms with Gasteiger partial charge in [0, 0.05) is 17.1 Å². The summed E-state index contributed by atoms with van der Waals surface area (Å²) in [6, 6.07) is 13.0. The van der Waals surface area contributed by atoms with Crippen LogP contribution in [0, 0.1) is 0 Å². The highest BCUT2D eigenvalue weighted by Gasteiger charge is 2.12. The van der Waals surface area contributed by atoms with Gasteiger partial charge in [-0.1, -0.05) is 18.2 Å². The summed E-state index contributed by atoms with van der Waals surface area (Å²) in [6.07, 6.45) is 3.54. The number of fused-ring (bicyclic) bond motifs is 1. The van der Waals surface area contributed by atoms with Crippen LogP contribution in [0.25, 0.3) is 10.9 Å². The molecule has 3 aromatic rings. The van der Waals surface area contributed by atoms with Crippen molar-refractivity contribution < 1.29 is 9.21 Å². The van der Waals surface area contributed by atoms with Crippen LogP contribution in [0.3, 0.4) is 0 Å². The summed E-state index contributed by atoms with van der Waals surface area (Å²) in [7, 11) is 0. The van der Waals surface area contributed by atoms with Gasteiger partial charge in [-0.05, 0) is 24.3 Å². The van der Waals surface area contributed by atoms with Gasteiger partial charge in [-0.2, -0.15) is 0 Å². The number of nitrogens with zero attached hydrogens (tertiary/aromatic N) is 1. The minimum absolute atomic E-state index is 0.0225. The van der Waals surface area contributed by atoms with Crippen LogP contribution in [0.1, 0.15) is 16.1 Å². The predicted octanol–water partition coefficient (Wildman–Crippen LogP) is 3.25. The Morgan fingerprint density at radius 1 is 1.11 bits per heavy atom. The molecule has 0 unspecified atom stereocenters. The minimum Gasteiger partial charge on any atom is -0.469 e. The number of rotatable bonds is 3. The van der Waals surface area contributed by atoms with Crippen LogP contribution < -0.4 is 0 Å². The molecule has 0 bridgehead atoms. The summed E-state index contributed by atoms with van der Waals surface area (Å²) < 4.78 is 5.20. The Balaban J connectivity index is 2.01. The average molecular weight is 237 g/mol. The molecule has 0 spiro atoms. The van der Waals surface area contributed by atoms with Crippen molar-refractivity contribution >= 4 is 16.7 Å². The first-order valence-corrected chi connectivity index (χ1v) is 5.74. The molecule has 0 amide bonds. The highest BCUT2D eigenvalue weighted by molar-refractivity contribution is 6.07. The van der Waals surface area contributed by atoms with E-state index in [1.165, 1.54) is 0 Å². The monoisotopic (exact) mass is 237 g/mol. The van der Waals surface area contributed by atoms with E-state index >= 15 is 0 Å². The molecule has 3 heteroatoms. The van der Waals surface area contributed by atoms with Crippen molar-refractivity contribution in [2.24, 2.45) is 0 Å². The number of Topliss-reactive ketones (excluding diaryl/α,β-unsaturated/α-hetero) is 1. The summed E-state index contributed by atoms with van der Waals surface area (Å²) in [6.45, 7) is 0. The van der Waals surface area contributed by atoms with Crippen LogP contribution in [0.5, 0.6) is 0 Å². The molecule has 0 aliphatic heterocycles. The third-order valence-corrected chi connectivity index (χ3v) is 2.85. The van der Waals surface area contributed by atoms with Gasteiger partial charge >= 0.3 is 0 Å². The highest BCUT2D eigenvalue weighted by atomic mass is 16.3. The smallest absolute Gasteiger partial charge is 0.172 e. The molecule has 3 nitrogen and oxygen atoms in total. The van der Waals surface area contributed by atoms with Gasteiger partial charge in [0.25, 0.3) is 0 Å². The summed E-state index contributed by atoms with van der Waals surface area (Å²) in [4.78, 5) is 16.5. The van der Waals surface area contributed by atoms with Crippen molar-refractivity contribution in [1.29, 1.82) is 0 Å². The second kappa shape index (κ2) is 4.45. The molecule has 0 saturated carbocycles. The summed E-state index contributed by atoms with van der Waals surface area (Å²) >= 11 is 0. The Hall–Kier alpha value is -2.42. The zero-order valence-corrected chi connectivity index (χ0v) is 9.67. The van der Waals surface area contributed by atoms with Crippen LogP contribution in [0.4, 0.5) is 0 Å². The van der Waals surface area contributed by atoms with E-state index in [4.69, 9.17) is 4.42 Å². The van der Waals surface area contributed by atoms with E-state index in [1.807, 2.05) is 24.3 Å². The van der Waals surface area contributed by atoms with Gasteiger partial charge in [-0.15, -0.1) is 0 Å². The number of benzene rings is 1. The highest BCUT2D eigenvalue weighted by Crippen LogP contribution is 2.18. The number of ketones is 1. The average Bonchev–Trinajstić information content (AvgIpc) is 2.91.